The average Bonchev–Trinajstić information content (AvgIpc) is 3.41. The molecule has 2 aliphatic rings. The average molecular weight is 379 g/mol. The van der Waals surface area contributed by atoms with Crippen LogP contribution in [0.4, 0.5) is 10.3 Å². The van der Waals surface area contributed by atoms with Gasteiger partial charge in [-0.15, -0.1) is 0 Å². The zero-order valence-electron chi connectivity index (χ0n) is 15.7. The van der Waals surface area contributed by atoms with E-state index in [0.29, 0.717) is 23.5 Å². The fraction of sp³-hybridized carbons (Fsp3) is 0.400. The maximum absolute atomic E-state index is 13.4. The minimum atomic E-state index is -0.348. The normalized spacial score (nSPS) is 22.0. The molecule has 2 aromatic heterocycles. The van der Waals surface area contributed by atoms with Crippen LogP contribution in [0.15, 0.2) is 42.9 Å². The van der Waals surface area contributed by atoms with Crippen LogP contribution < -0.4 is 4.90 Å². The smallest absolute Gasteiger partial charge is 0.225 e. The molecule has 5 rings (SSSR count). The number of anilines is 1. The van der Waals surface area contributed by atoms with Crippen LogP contribution in [0.3, 0.4) is 0 Å². The molecule has 0 amide bonds. The Morgan fingerprint density at radius 3 is 2.46 bits per heavy atom. The van der Waals surface area contributed by atoms with Gasteiger partial charge in [0.15, 0.2) is 5.82 Å². The van der Waals surface area contributed by atoms with Crippen molar-refractivity contribution in [3.63, 3.8) is 0 Å². The van der Waals surface area contributed by atoms with Gasteiger partial charge in [-0.2, -0.15) is 15.0 Å². The first-order chi connectivity index (χ1) is 13.7. The van der Waals surface area contributed by atoms with Crippen LogP contribution in [0, 0.1) is 24.6 Å². The van der Waals surface area contributed by atoms with Crippen LogP contribution in [-0.2, 0) is 6.54 Å². The van der Waals surface area contributed by atoms with E-state index in [4.69, 9.17) is 0 Å². The molecule has 0 N–H and O–H groups in total. The molecule has 28 heavy (non-hydrogen) atoms. The Labute approximate surface area is 162 Å². The Hall–Kier alpha value is -2.87. The highest BCUT2D eigenvalue weighted by atomic mass is 19.1. The van der Waals surface area contributed by atoms with Gasteiger partial charge in [-0.3, -0.25) is 4.90 Å². The van der Waals surface area contributed by atoms with Crippen LogP contribution in [0.1, 0.15) is 11.3 Å². The third kappa shape index (κ3) is 3.13. The molecular weight excluding hydrogens is 357 g/mol. The largest absolute Gasteiger partial charge is 0.340 e. The summed E-state index contributed by atoms with van der Waals surface area (Å²) in [4.78, 5) is 14.9. The Kier molecular flexibility index (Phi) is 4.27. The monoisotopic (exact) mass is 379 g/mol. The van der Waals surface area contributed by atoms with E-state index in [1.165, 1.54) is 11.8 Å². The lowest BCUT2D eigenvalue weighted by Crippen LogP contribution is -2.30. The van der Waals surface area contributed by atoms with Crippen molar-refractivity contribution in [2.45, 2.75) is 13.5 Å². The summed E-state index contributed by atoms with van der Waals surface area (Å²) in [5.74, 6) is 1.47. The van der Waals surface area contributed by atoms with Gasteiger partial charge in [0.05, 0.1) is 30.0 Å². The van der Waals surface area contributed by atoms with E-state index >= 15 is 0 Å². The third-order valence-corrected chi connectivity index (χ3v) is 5.77. The molecule has 1 aromatic carbocycles. The summed E-state index contributed by atoms with van der Waals surface area (Å²) in [6, 6.07) is 8.29. The number of nitrogens with zero attached hydrogens (tertiary/aromatic N) is 7. The third-order valence-electron chi connectivity index (χ3n) is 5.77. The molecule has 2 unspecified atom stereocenters. The van der Waals surface area contributed by atoms with Gasteiger partial charge in [-0.25, -0.2) is 14.4 Å². The second-order valence-electron chi connectivity index (χ2n) is 7.67. The quantitative estimate of drug-likeness (QED) is 0.692. The van der Waals surface area contributed by atoms with E-state index in [0.717, 1.165) is 38.4 Å². The number of hydrogen-bond acceptors (Lipinski definition) is 6. The summed E-state index contributed by atoms with van der Waals surface area (Å²) in [5.41, 5.74) is 2.67. The predicted octanol–water partition coefficient (Wildman–Crippen LogP) is 2.07. The van der Waals surface area contributed by atoms with Crippen LogP contribution in [-0.4, -0.2) is 56.0 Å². The lowest BCUT2D eigenvalue weighted by atomic mass is 10.0. The number of hydrogen-bond donors (Lipinski definition) is 0. The lowest BCUT2D eigenvalue weighted by Gasteiger charge is -2.22. The van der Waals surface area contributed by atoms with Gasteiger partial charge in [0, 0.05) is 32.7 Å². The number of halogens is 1. The first kappa shape index (κ1) is 17.2. The van der Waals surface area contributed by atoms with E-state index in [1.54, 1.807) is 24.1 Å². The van der Waals surface area contributed by atoms with E-state index in [1.807, 2.05) is 6.07 Å². The zero-order chi connectivity index (χ0) is 19.1. The molecule has 3 aromatic rings. The highest BCUT2D eigenvalue weighted by Gasteiger charge is 2.40. The summed E-state index contributed by atoms with van der Waals surface area (Å²) in [7, 11) is 0. The van der Waals surface area contributed by atoms with Gasteiger partial charge in [0.2, 0.25) is 5.95 Å². The second-order valence-corrected chi connectivity index (χ2v) is 7.67. The van der Waals surface area contributed by atoms with Crippen molar-refractivity contribution in [3.8, 4) is 5.69 Å². The number of likely N-dealkylation sites (tertiary alicyclic amines) is 1. The maximum Gasteiger partial charge on any atom is 0.225 e. The van der Waals surface area contributed by atoms with Crippen LogP contribution in [0.5, 0.6) is 0 Å². The van der Waals surface area contributed by atoms with Gasteiger partial charge >= 0.3 is 0 Å². The van der Waals surface area contributed by atoms with Crippen molar-refractivity contribution in [2.75, 3.05) is 31.1 Å². The first-order valence-electron chi connectivity index (χ1n) is 9.58. The molecule has 0 spiro atoms. The van der Waals surface area contributed by atoms with Gasteiger partial charge in [-0.05, 0) is 30.4 Å². The van der Waals surface area contributed by atoms with Crippen molar-refractivity contribution in [2.24, 2.45) is 11.8 Å². The minimum Gasteiger partial charge on any atom is -0.340 e. The highest BCUT2D eigenvalue weighted by Crippen LogP contribution is 2.34. The Bertz CT molecular complexity index is 960. The Balaban J connectivity index is 1.26. The molecule has 4 heterocycles. The molecule has 7 nitrogen and oxygen atoms in total. The van der Waals surface area contributed by atoms with Gasteiger partial charge < -0.3 is 4.90 Å². The molecule has 2 saturated heterocycles. The van der Waals surface area contributed by atoms with Crippen molar-refractivity contribution in [1.29, 1.82) is 0 Å². The first-order valence-corrected chi connectivity index (χ1v) is 9.58. The molecular formula is C20H22FN7. The molecule has 0 aliphatic carbocycles. The summed E-state index contributed by atoms with van der Waals surface area (Å²) < 4.78 is 13.4. The molecule has 0 radical (unpaired) electrons. The maximum atomic E-state index is 13.4. The van der Waals surface area contributed by atoms with Crippen molar-refractivity contribution in [1.82, 2.24) is 29.9 Å². The van der Waals surface area contributed by atoms with E-state index < -0.39 is 0 Å². The van der Waals surface area contributed by atoms with E-state index in [2.05, 4.69) is 48.2 Å². The van der Waals surface area contributed by atoms with Crippen molar-refractivity contribution >= 4 is 5.95 Å². The number of fused-ring (bicyclic) bond motifs is 1. The summed E-state index contributed by atoms with van der Waals surface area (Å²) in [5, 5.41) is 8.55. The number of benzene rings is 1. The number of rotatable bonds is 4. The SMILES string of the molecule is Cc1nc(N2CC3CN(Cc4ccccc4-n4nccn4)CC3C2)ncc1F. The highest BCUT2D eigenvalue weighted by molar-refractivity contribution is 5.39. The predicted molar refractivity (Wildman–Crippen MR) is 103 cm³/mol. The number of para-hydroxylation sites is 1. The van der Waals surface area contributed by atoms with Gasteiger partial charge in [-0.1, -0.05) is 18.2 Å². The number of aromatic nitrogens is 5. The van der Waals surface area contributed by atoms with Crippen molar-refractivity contribution in [3.05, 3.63) is 59.9 Å². The topological polar surface area (TPSA) is 63.0 Å². The molecule has 0 bridgehead atoms. The molecule has 2 atom stereocenters. The summed E-state index contributed by atoms with van der Waals surface area (Å²) in [6.45, 7) is 6.51. The Morgan fingerprint density at radius 1 is 1.04 bits per heavy atom. The van der Waals surface area contributed by atoms with Gasteiger partial charge in [0.1, 0.15) is 0 Å². The zero-order valence-corrected chi connectivity index (χ0v) is 15.7. The summed E-state index contributed by atoms with van der Waals surface area (Å²) >= 11 is 0. The van der Waals surface area contributed by atoms with Crippen LogP contribution in [0.25, 0.3) is 5.69 Å². The molecule has 0 saturated carbocycles. The van der Waals surface area contributed by atoms with Gasteiger partial charge in [0.25, 0.3) is 0 Å². The Morgan fingerprint density at radius 2 is 1.75 bits per heavy atom. The number of aryl methyl sites for hydroxylation is 1. The molecule has 2 aliphatic heterocycles. The molecule has 144 valence electrons. The van der Waals surface area contributed by atoms with Crippen LogP contribution in [0.2, 0.25) is 0 Å². The fourth-order valence-corrected chi connectivity index (χ4v) is 4.40. The van der Waals surface area contributed by atoms with E-state index in [9.17, 15) is 4.39 Å². The minimum absolute atomic E-state index is 0.348. The molecule has 2 fully saturated rings. The second kappa shape index (κ2) is 6.94. The fourth-order valence-electron chi connectivity index (χ4n) is 4.40. The van der Waals surface area contributed by atoms with Crippen LogP contribution >= 0.6 is 0 Å². The molecule has 8 heteroatoms. The van der Waals surface area contributed by atoms with Crippen molar-refractivity contribution < 1.29 is 4.39 Å². The van der Waals surface area contributed by atoms with E-state index in [-0.39, 0.29) is 5.82 Å². The summed E-state index contributed by atoms with van der Waals surface area (Å²) in [6.07, 6.45) is 4.67. The standard InChI is InChI=1S/C20H22FN7/c1-14-18(21)8-22-20(25-14)27-12-16-10-26(11-17(16)13-27)9-15-4-2-3-5-19(15)28-23-6-7-24-28/h2-8,16-17H,9-13H2,1H3. The lowest BCUT2D eigenvalue weighted by molar-refractivity contribution is 0.308.